The van der Waals surface area contributed by atoms with Gasteiger partial charge in [-0.3, -0.25) is 9.78 Å². The number of sulfone groups is 1. The van der Waals surface area contributed by atoms with Crippen LogP contribution in [-0.4, -0.2) is 25.4 Å². The van der Waals surface area contributed by atoms with Gasteiger partial charge in [0.2, 0.25) is 0 Å². The van der Waals surface area contributed by atoms with Gasteiger partial charge in [0.25, 0.3) is 0 Å². The van der Waals surface area contributed by atoms with E-state index in [2.05, 4.69) is 4.98 Å². The van der Waals surface area contributed by atoms with E-state index in [9.17, 15) is 13.2 Å². The van der Waals surface area contributed by atoms with Crippen molar-refractivity contribution in [1.82, 2.24) is 4.98 Å². The van der Waals surface area contributed by atoms with E-state index in [0.717, 1.165) is 11.8 Å². The van der Waals surface area contributed by atoms with Gasteiger partial charge in [0.05, 0.1) is 4.90 Å². The summed E-state index contributed by atoms with van der Waals surface area (Å²) in [5.74, 6) is -0.0415. The van der Waals surface area contributed by atoms with E-state index in [1.807, 2.05) is 0 Å². The molecular formula is C14H13NO3S. The van der Waals surface area contributed by atoms with E-state index >= 15 is 0 Å². The number of rotatable bonds is 4. The van der Waals surface area contributed by atoms with E-state index < -0.39 is 9.84 Å². The SMILES string of the molecule is CS(=O)(=O)c1ccc(CC(=O)c2cccnc2)cc1. The molecule has 1 heterocycles. The number of aromatic nitrogens is 1. The van der Waals surface area contributed by atoms with Crippen molar-refractivity contribution in [2.75, 3.05) is 6.26 Å². The third kappa shape index (κ3) is 3.48. The number of pyridine rings is 1. The molecule has 0 aliphatic heterocycles. The maximum absolute atomic E-state index is 11.9. The van der Waals surface area contributed by atoms with Crippen molar-refractivity contribution in [3.05, 3.63) is 59.9 Å². The minimum atomic E-state index is -3.20. The number of carbonyl (C=O) groups excluding carboxylic acids is 1. The molecule has 0 aliphatic carbocycles. The van der Waals surface area contributed by atoms with Gasteiger partial charge in [-0.15, -0.1) is 0 Å². The molecule has 0 aliphatic rings. The fraction of sp³-hybridized carbons (Fsp3) is 0.143. The monoisotopic (exact) mass is 275 g/mol. The molecule has 2 rings (SSSR count). The van der Waals surface area contributed by atoms with Crippen molar-refractivity contribution in [1.29, 1.82) is 0 Å². The van der Waals surface area contributed by atoms with Crippen LogP contribution in [0.25, 0.3) is 0 Å². The fourth-order valence-electron chi connectivity index (χ4n) is 1.67. The highest BCUT2D eigenvalue weighted by molar-refractivity contribution is 7.90. The van der Waals surface area contributed by atoms with Crippen LogP contribution in [0.4, 0.5) is 0 Å². The first-order valence-electron chi connectivity index (χ1n) is 5.69. The van der Waals surface area contributed by atoms with Crippen molar-refractivity contribution >= 4 is 15.6 Å². The van der Waals surface area contributed by atoms with E-state index in [1.165, 1.54) is 18.3 Å². The number of nitrogens with zero attached hydrogens (tertiary/aromatic N) is 1. The van der Waals surface area contributed by atoms with Crippen LogP contribution in [-0.2, 0) is 16.3 Å². The Labute approximate surface area is 112 Å². The number of Topliss-reactive ketones (excluding diaryl/α,β-unsaturated/α-hetero) is 1. The Kier molecular flexibility index (Phi) is 3.76. The summed E-state index contributed by atoms with van der Waals surface area (Å²) in [5.41, 5.74) is 1.33. The third-order valence-electron chi connectivity index (χ3n) is 2.70. The number of hydrogen-bond donors (Lipinski definition) is 0. The number of benzene rings is 1. The maximum Gasteiger partial charge on any atom is 0.175 e. The van der Waals surface area contributed by atoms with Gasteiger partial charge in [-0.1, -0.05) is 12.1 Å². The molecule has 0 radical (unpaired) electrons. The Bertz CT molecular complexity index is 676. The zero-order chi connectivity index (χ0) is 13.9. The molecule has 0 atom stereocenters. The normalized spacial score (nSPS) is 11.2. The predicted molar refractivity (Wildman–Crippen MR) is 71.8 cm³/mol. The van der Waals surface area contributed by atoms with Gasteiger partial charge in [0, 0.05) is 30.6 Å². The maximum atomic E-state index is 11.9. The molecule has 0 bridgehead atoms. The minimum absolute atomic E-state index is 0.0415. The average molecular weight is 275 g/mol. The second-order valence-corrected chi connectivity index (χ2v) is 6.27. The van der Waals surface area contributed by atoms with Crippen molar-refractivity contribution in [3.63, 3.8) is 0 Å². The van der Waals surface area contributed by atoms with Crippen molar-refractivity contribution in [3.8, 4) is 0 Å². The van der Waals surface area contributed by atoms with Gasteiger partial charge < -0.3 is 0 Å². The second-order valence-electron chi connectivity index (χ2n) is 4.26. The van der Waals surface area contributed by atoms with Crippen LogP contribution >= 0.6 is 0 Å². The van der Waals surface area contributed by atoms with Gasteiger partial charge in [0.15, 0.2) is 15.6 Å². The highest BCUT2D eigenvalue weighted by Crippen LogP contribution is 2.12. The Hall–Kier alpha value is -2.01. The third-order valence-corrected chi connectivity index (χ3v) is 3.83. The van der Waals surface area contributed by atoms with Gasteiger partial charge in [0.1, 0.15) is 0 Å². The summed E-state index contributed by atoms with van der Waals surface area (Å²) >= 11 is 0. The molecule has 1 aromatic heterocycles. The van der Waals surface area contributed by atoms with E-state index in [4.69, 9.17) is 0 Å². The lowest BCUT2D eigenvalue weighted by Gasteiger charge is -2.03. The van der Waals surface area contributed by atoms with Gasteiger partial charge in [-0.05, 0) is 29.8 Å². The molecule has 19 heavy (non-hydrogen) atoms. The Morgan fingerprint density at radius 1 is 1.16 bits per heavy atom. The Balaban J connectivity index is 2.15. The summed E-state index contributed by atoms with van der Waals surface area (Å²) < 4.78 is 22.6. The molecule has 0 fully saturated rings. The summed E-state index contributed by atoms with van der Waals surface area (Å²) in [6.07, 6.45) is 4.52. The molecule has 0 unspecified atom stereocenters. The molecule has 2 aromatic rings. The summed E-state index contributed by atoms with van der Waals surface area (Å²) in [6, 6.07) is 9.76. The number of carbonyl (C=O) groups is 1. The minimum Gasteiger partial charge on any atom is -0.294 e. The molecular weight excluding hydrogens is 262 g/mol. The van der Waals surface area contributed by atoms with Gasteiger partial charge in [-0.25, -0.2) is 8.42 Å². The van der Waals surface area contributed by atoms with Crippen LogP contribution in [0.5, 0.6) is 0 Å². The number of hydrogen-bond acceptors (Lipinski definition) is 4. The standard InChI is InChI=1S/C14H13NO3S/c1-19(17,18)13-6-4-11(5-7-13)9-14(16)12-3-2-8-15-10-12/h2-8,10H,9H2,1H3. The van der Waals surface area contributed by atoms with E-state index in [1.54, 1.807) is 30.5 Å². The largest absolute Gasteiger partial charge is 0.294 e. The van der Waals surface area contributed by atoms with Crippen molar-refractivity contribution in [2.24, 2.45) is 0 Å². The second kappa shape index (κ2) is 5.32. The molecule has 0 N–H and O–H groups in total. The van der Waals surface area contributed by atoms with Crippen LogP contribution in [0.15, 0.2) is 53.7 Å². The van der Waals surface area contributed by atoms with Crippen LogP contribution in [0.1, 0.15) is 15.9 Å². The molecule has 1 aromatic carbocycles. The molecule has 0 amide bonds. The fourth-order valence-corrected chi connectivity index (χ4v) is 2.30. The molecule has 0 spiro atoms. The van der Waals surface area contributed by atoms with Crippen LogP contribution in [0, 0.1) is 0 Å². The predicted octanol–water partition coefficient (Wildman–Crippen LogP) is 1.91. The van der Waals surface area contributed by atoms with Crippen molar-refractivity contribution in [2.45, 2.75) is 11.3 Å². The van der Waals surface area contributed by atoms with E-state index in [-0.39, 0.29) is 17.1 Å². The topological polar surface area (TPSA) is 64.1 Å². The average Bonchev–Trinajstić information content (AvgIpc) is 2.39. The zero-order valence-corrected chi connectivity index (χ0v) is 11.2. The lowest BCUT2D eigenvalue weighted by atomic mass is 10.0. The summed E-state index contributed by atoms with van der Waals surface area (Å²) in [5, 5.41) is 0. The highest BCUT2D eigenvalue weighted by Gasteiger charge is 2.09. The summed E-state index contributed by atoms with van der Waals surface area (Å²) in [4.78, 5) is 16.1. The first kappa shape index (κ1) is 13.4. The Morgan fingerprint density at radius 3 is 2.37 bits per heavy atom. The van der Waals surface area contributed by atoms with Crippen LogP contribution < -0.4 is 0 Å². The summed E-state index contributed by atoms with van der Waals surface area (Å²) in [6.45, 7) is 0. The zero-order valence-electron chi connectivity index (χ0n) is 10.4. The van der Waals surface area contributed by atoms with Gasteiger partial charge in [-0.2, -0.15) is 0 Å². The first-order chi connectivity index (χ1) is 8.97. The lowest BCUT2D eigenvalue weighted by molar-refractivity contribution is 0.0992. The quantitative estimate of drug-likeness (QED) is 0.800. The number of ketones is 1. The van der Waals surface area contributed by atoms with Crippen LogP contribution in [0.3, 0.4) is 0 Å². The molecule has 0 saturated heterocycles. The lowest BCUT2D eigenvalue weighted by Crippen LogP contribution is -2.04. The molecule has 5 heteroatoms. The molecule has 0 saturated carbocycles. The van der Waals surface area contributed by atoms with E-state index in [0.29, 0.717) is 5.56 Å². The molecule has 98 valence electrons. The Morgan fingerprint density at radius 2 is 1.84 bits per heavy atom. The summed E-state index contributed by atoms with van der Waals surface area (Å²) in [7, 11) is -3.20. The van der Waals surface area contributed by atoms with Crippen molar-refractivity contribution < 1.29 is 13.2 Å². The highest BCUT2D eigenvalue weighted by atomic mass is 32.2. The first-order valence-corrected chi connectivity index (χ1v) is 7.58. The smallest absolute Gasteiger partial charge is 0.175 e. The van der Waals surface area contributed by atoms with Crippen LogP contribution in [0.2, 0.25) is 0 Å². The molecule has 4 nitrogen and oxygen atoms in total. The van der Waals surface area contributed by atoms with Gasteiger partial charge >= 0.3 is 0 Å².